The van der Waals surface area contributed by atoms with Crippen LogP contribution in [0.25, 0.3) is 0 Å². The summed E-state index contributed by atoms with van der Waals surface area (Å²) >= 11 is 0. The average Bonchev–Trinajstić information content (AvgIpc) is 1.36. The van der Waals surface area contributed by atoms with Crippen molar-refractivity contribution < 1.29 is 72.5 Å². The molecule has 0 amide bonds. The van der Waals surface area contributed by atoms with E-state index < -0.39 is 11.9 Å². The van der Waals surface area contributed by atoms with E-state index in [0.29, 0.717) is 0 Å². The molecule has 0 aromatic carbocycles. The molecule has 0 spiro atoms. The van der Waals surface area contributed by atoms with E-state index in [-0.39, 0.29) is 98.1 Å². The van der Waals surface area contributed by atoms with Crippen molar-refractivity contribution in [1.29, 1.82) is 0 Å². The topological polar surface area (TPSA) is 74.6 Å². The molecule has 0 heterocycles. The predicted molar refractivity (Wildman–Crippen MR) is 23.8 cm³/mol. The fourth-order valence-electron chi connectivity index (χ4n) is 0. The van der Waals surface area contributed by atoms with Crippen LogP contribution >= 0.6 is 0 Å². The van der Waals surface area contributed by atoms with Gasteiger partial charge in [-0.25, -0.2) is 9.59 Å². The van der Waals surface area contributed by atoms with Crippen LogP contribution in [0.15, 0.2) is 0 Å². The van der Waals surface area contributed by atoms with Gasteiger partial charge in [0.1, 0.15) is 0 Å². The summed E-state index contributed by atoms with van der Waals surface area (Å²) in [4.78, 5) is 18.2. The molecule has 48 valence electrons. The van der Waals surface area contributed by atoms with Gasteiger partial charge in [-0.2, -0.15) is 0 Å². The third kappa shape index (κ3) is 17.8. The van der Waals surface area contributed by atoms with Crippen LogP contribution in [-0.4, -0.2) is 67.6 Å². The molecule has 0 aliphatic carbocycles. The molecule has 0 bridgehead atoms. The van der Waals surface area contributed by atoms with Gasteiger partial charge in [-0.1, -0.05) is 0 Å². The van der Waals surface area contributed by atoms with E-state index in [4.69, 9.17) is 19.8 Å². The Morgan fingerprint density at radius 3 is 1.11 bits per heavy atom. The molecule has 2 radical (unpaired) electrons. The SMILES string of the molecule is O=C(O)C(=O)O.[La].[Mn].[SrH2]. The maximum atomic E-state index is 9.10. The molecular weight excluding hydrogens is 369 g/mol. The van der Waals surface area contributed by atoms with Crippen LogP contribution in [0.3, 0.4) is 0 Å². The standard InChI is InChI=1S/C2H2O4.La.Mn.Sr.2H/c3-1(4)2(5)6;;;;;/h(H,3,4)(H,5,6);;;;;. The van der Waals surface area contributed by atoms with E-state index in [2.05, 4.69) is 0 Å². The summed E-state index contributed by atoms with van der Waals surface area (Å²) in [6, 6.07) is 0. The Kier molecular flexibility index (Phi) is 31.9. The summed E-state index contributed by atoms with van der Waals surface area (Å²) in [6.45, 7) is 0. The Hall–Kier alpha value is 2.13. The zero-order chi connectivity index (χ0) is 5.15. The second-order valence-electron chi connectivity index (χ2n) is 0.610. The molecule has 0 aliphatic rings. The molecule has 0 unspecified atom stereocenters. The number of carboxylic acids is 2. The van der Waals surface area contributed by atoms with Crippen molar-refractivity contribution in [2.24, 2.45) is 0 Å². The van der Waals surface area contributed by atoms with Gasteiger partial charge in [0.2, 0.25) is 0 Å². The second-order valence-corrected chi connectivity index (χ2v) is 0.610. The van der Waals surface area contributed by atoms with E-state index in [1.54, 1.807) is 0 Å². The zero-order valence-electron chi connectivity index (χ0n) is 3.67. The second kappa shape index (κ2) is 12.8. The van der Waals surface area contributed by atoms with E-state index in [0.717, 1.165) is 0 Å². The molecule has 0 fully saturated rings. The number of carbonyl (C=O) groups is 2. The Bertz CT molecular complexity index is 84.6. The van der Waals surface area contributed by atoms with E-state index in [1.807, 2.05) is 0 Å². The monoisotopic (exact) mass is 374 g/mol. The molecule has 9 heavy (non-hydrogen) atoms. The third-order valence-corrected chi connectivity index (χ3v) is 0.183. The van der Waals surface area contributed by atoms with Gasteiger partial charge >= 0.3 is 57.4 Å². The minimum atomic E-state index is -1.82. The Morgan fingerprint density at radius 1 is 1.00 bits per heavy atom. The first-order chi connectivity index (χ1) is 2.64. The molecule has 4 nitrogen and oxygen atoms in total. The molecular formula is C2H4LaMnO4Sr. The van der Waals surface area contributed by atoms with Crippen molar-refractivity contribution in [3.63, 3.8) is 0 Å². The molecule has 7 heteroatoms. The van der Waals surface area contributed by atoms with Crippen LogP contribution in [0.1, 0.15) is 0 Å². The van der Waals surface area contributed by atoms with Gasteiger partial charge in [-0.15, -0.1) is 0 Å². The van der Waals surface area contributed by atoms with Gasteiger partial charge in [-0.05, 0) is 0 Å². The number of hydrogen-bond donors (Lipinski definition) is 2. The predicted octanol–water partition coefficient (Wildman–Crippen LogP) is -1.76. The van der Waals surface area contributed by atoms with Gasteiger partial charge in [-0.3, -0.25) is 0 Å². The van der Waals surface area contributed by atoms with Gasteiger partial charge < -0.3 is 10.2 Å². The molecule has 0 aromatic heterocycles. The summed E-state index contributed by atoms with van der Waals surface area (Å²) in [5.74, 6) is -3.65. The number of rotatable bonds is 0. The molecule has 0 aromatic rings. The first-order valence-electron chi connectivity index (χ1n) is 1.11. The fraction of sp³-hybridized carbons (Fsp3) is 0. The van der Waals surface area contributed by atoms with Gasteiger partial charge in [0, 0.05) is 52.7 Å². The van der Waals surface area contributed by atoms with Crippen LogP contribution in [0.2, 0.25) is 0 Å². The average molecular weight is 374 g/mol. The van der Waals surface area contributed by atoms with E-state index >= 15 is 0 Å². The minimum absolute atomic E-state index is 0. The molecule has 2 N–H and O–H groups in total. The van der Waals surface area contributed by atoms with Crippen LogP contribution in [0, 0.1) is 35.6 Å². The van der Waals surface area contributed by atoms with Crippen molar-refractivity contribution in [2.75, 3.05) is 0 Å². The van der Waals surface area contributed by atoms with Gasteiger partial charge in [0.15, 0.2) is 0 Å². The van der Waals surface area contributed by atoms with Crippen LogP contribution in [-0.2, 0) is 26.7 Å². The Labute approximate surface area is 127 Å². The molecule has 0 saturated carbocycles. The van der Waals surface area contributed by atoms with Gasteiger partial charge in [0.05, 0.1) is 0 Å². The first-order valence-corrected chi connectivity index (χ1v) is 1.11. The van der Waals surface area contributed by atoms with E-state index in [1.165, 1.54) is 0 Å². The van der Waals surface area contributed by atoms with Crippen molar-refractivity contribution in [3.05, 3.63) is 0 Å². The normalized spacial score (nSPS) is 4.89. The van der Waals surface area contributed by atoms with Crippen LogP contribution < -0.4 is 0 Å². The van der Waals surface area contributed by atoms with Crippen molar-refractivity contribution >= 4 is 57.4 Å². The zero-order valence-corrected chi connectivity index (χ0v) is 8.47. The van der Waals surface area contributed by atoms with Gasteiger partial charge in [0.25, 0.3) is 0 Å². The maximum absolute atomic E-state index is 9.10. The summed E-state index contributed by atoms with van der Waals surface area (Å²) in [5, 5.41) is 14.8. The van der Waals surface area contributed by atoms with Crippen LogP contribution in [0.4, 0.5) is 0 Å². The van der Waals surface area contributed by atoms with Crippen molar-refractivity contribution in [3.8, 4) is 0 Å². The van der Waals surface area contributed by atoms with Crippen molar-refractivity contribution in [1.82, 2.24) is 0 Å². The molecule has 0 aliphatic heterocycles. The Morgan fingerprint density at radius 2 is 1.11 bits per heavy atom. The van der Waals surface area contributed by atoms with E-state index in [9.17, 15) is 0 Å². The molecule has 0 saturated heterocycles. The summed E-state index contributed by atoms with van der Waals surface area (Å²) in [5.41, 5.74) is 0. The fourth-order valence-corrected chi connectivity index (χ4v) is 0. The third-order valence-electron chi connectivity index (χ3n) is 0.183. The molecule has 0 rings (SSSR count). The Balaban J connectivity index is -0.0000000417. The summed E-state index contributed by atoms with van der Waals surface area (Å²) < 4.78 is 0. The first kappa shape index (κ1) is 22.5. The number of carboxylic acid groups (broad SMARTS) is 2. The number of hydrogen-bond acceptors (Lipinski definition) is 2. The summed E-state index contributed by atoms with van der Waals surface area (Å²) in [7, 11) is 0. The quantitative estimate of drug-likeness (QED) is 0.390. The molecule has 0 atom stereocenters. The van der Waals surface area contributed by atoms with Crippen molar-refractivity contribution in [2.45, 2.75) is 0 Å². The number of aliphatic carboxylic acids is 2. The van der Waals surface area contributed by atoms with Crippen LogP contribution in [0.5, 0.6) is 0 Å². The summed E-state index contributed by atoms with van der Waals surface area (Å²) in [6.07, 6.45) is 0.